The number of hydrogen-bond donors (Lipinski definition) is 2. The van der Waals surface area contributed by atoms with Crippen LogP contribution in [0, 0.1) is 6.92 Å². The number of benzene rings is 1. The van der Waals surface area contributed by atoms with E-state index >= 15 is 0 Å². The van der Waals surface area contributed by atoms with E-state index in [1.807, 2.05) is 25.1 Å². The molecule has 118 valence electrons. The number of pyridine rings is 1. The van der Waals surface area contributed by atoms with Gasteiger partial charge >= 0.3 is 0 Å². The van der Waals surface area contributed by atoms with Crippen molar-refractivity contribution >= 4 is 26.6 Å². The summed E-state index contributed by atoms with van der Waals surface area (Å²) in [5.41, 5.74) is 1.98. The van der Waals surface area contributed by atoms with Crippen LogP contribution in [0.3, 0.4) is 0 Å². The molecule has 0 aliphatic heterocycles. The van der Waals surface area contributed by atoms with Crippen LogP contribution >= 0.6 is 0 Å². The van der Waals surface area contributed by atoms with E-state index in [9.17, 15) is 18.0 Å². The van der Waals surface area contributed by atoms with Crippen LogP contribution in [0.15, 0.2) is 29.1 Å². The molecule has 0 bridgehead atoms. The number of hydrogen-bond acceptors (Lipinski definition) is 4. The Morgan fingerprint density at radius 3 is 2.68 bits per heavy atom. The number of rotatable bonds is 5. The molecule has 0 saturated carbocycles. The Labute approximate surface area is 128 Å². The van der Waals surface area contributed by atoms with Crippen LogP contribution < -0.4 is 10.9 Å². The van der Waals surface area contributed by atoms with Gasteiger partial charge in [-0.05, 0) is 30.5 Å². The SMILES string of the molecule is Cc1ccc2[nH]c(=O)c(CNC(=O)CCS(C)(=O)=O)cc2c1. The summed E-state index contributed by atoms with van der Waals surface area (Å²) in [6.07, 6.45) is 0.972. The highest BCUT2D eigenvalue weighted by Gasteiger charge is 2.09. The Hall–Kier alpha value is -2.15. The van der Waals surface area contributed by atoms with E-state index in [2.05, 4.69) is 10.3 Å². The van der Waals surface area contributed by atoms with Gasteiger partial charge in [-0.2, -0.15) is 0 Å². The Kier molecular flexibility index (Phi) is 4.65. The second-order valence-corrected chi connectivity index (χ2v) is 7.63. The van der Waals surface area contributed by atoms with E-state index in [1.165, 1.54) is 0 Å². The van der Waals surface area contributed by atoms with Gasteiger partial charge in [0.15, 0.2) is 0 Å². The zero-order valence-corrected chi connectivity index (χ0v) is 13.3. The molecule has 0 aliphatic carbocycles. The minimum absolute atomic E-state index is 0.0712. The van der Waals surface area contributed by atoms with Crippen LogP contribution in [0.25, 0.3) is 10.9 Å². The monoisotopic (exact) mass is 322 g/mol. The molecule has 1 aromatic carbocycles. The maximum Gasteiger partial charge on any atom is 0.253 e. The Balaban J connectivity index is 2.10. The van der Waals surface area contributed by atoms with Crippen molar-refractivity contribution in [3.8, 4) is 0 Å². The number of aromatic nitrogens is 1. The van der Waals surface area contributed by atoms with Gasteiger partial charge in [0.05, 0.1) is 5.75 Å². The average molecular weight is 322 g/mol. The third-order valence-corrected chi connectivity index (χ3v) is 4.20. The summed E-state index contributed by atoms with van der Waals surface area (Å²) >= 11 is 0. The van der Waals surface area contributed by atoms with Gasteiger partial charge in [-0.3, -0.25) is 9.59 Å². The average Bonchev–Trinajstić information content (AvgIpc) is 2.42. The van der Waals surface area contributed by atoms with Crippen molar-refractivity contribution < 1.29 is 13.2 Å². The lowest BCUT2D eigenvalue weighted by Gasteiger charge is -2.06. The fraction of sp³-hybridized carbons (Fsp3) is 0.333. The lowest BCUT2D eigenvalue weighted by Crippen LogP contribution is -2.28. The number of carbonyl (C=O) groups is 1. The van der Waals surface area contributed by atoms with Crippen LogP contribution in [0.4, 0.5) is 0 Å². The number of H-pyrrole nitrogens is 1. The first-order valence-corrected chi connectivity index (χ1v) is 8.88. The number of aryl methyl sites for hydroxylation is 1. The maximum atomic E-state index is 11.9. The molecule has 2 aromatic rings. The summed E-state index contributed by atoms with van der Waals surface area (Å²) in [5, 5.41) is 3.46. The molecule has 0 spiro atoms. The molecule has 1 aromatic heterocycles. The lowest BCUT2D eigenvalue weighted by atomic mass is 10.1. The molecular formula is C15H18N2O4S. The van der Waals surface area contributed by atoms with Gasteiger partial charge in [-0.25, -0.2) is 8.42 Å². The highest BCUT2D eigenvalue weighted by atomic mass is 32.2. The van der Waals surface area contributed by atoms with Gasteiger partial charge in [0.2, 0.25) is 5.91 Å². The minimum atomic E-state index is -3.17. The minimum Gasteiger partial charge on any atom is -0.352 e. The molecule has 0 saturated heterocycles. The Bertz CT molecular complexity index is 869. The van der Waals surface area contributed by atoms with Gasteiger partial charge in [0.25, 0.3) is 5.56 Å². The van der Waals surface area contributed by atoms with Gasteiger partial charge < -0.3 is 10.3 Å². The third-order valence-electron chi connectivity index (χ3n) is 3.25. The number of sulfone groups is 1. The summed E-state index contributed by atoms with van der Waals surface area (Å²) in [4.78, 5) is 26.3. The quantitative estimate of drug-likeness (QED) is 0.854. The highest BCUT2D eigenvalue weighted by Crippen LogP contribution is 2.13. The van der Waals surface area contributed by atoms with E-state index < -0.39 is 15.7 Å². The molecule has 0 fully saturated rings. The molecule has 0 aliphatic rings. The molecule has 6 nitrogen and oxygen atoms in total. The predicted octanol–water partition coefficient (Wildman–Crippen LogP) is 0.887. The zero-order valence-electron chi connectivity index (χ0n) is 12.5. The van der Waals surface area contributed by atoms with Crippen LogP contribution in [-0.2, 0) is 21.2 Å². The lowest BCUT2D eigenvalue weighted by molar-refractivity contribution is -0.120. The van der Waals surface area contributed by atoms with Crippen LogP contribution in [0.2, 0.25) is 0 Å². The third kappa shape index (κ3) is 4.42. The van der Waals surface area contributed by atoms with Crippen LogP contribution in [-0.4, -0.2) is 31.3 Å². The fourth-order valence-electron chi connectivity index (χ4n) is 2.06. The molecule has 0 atom stereocenters. The molecule has 2 rings (SSSR count). The topological polar surface area (TPSA) is 96.1 Å². The molecule has 2 N–H and O–H groups in total. The standard InChI is InChI=1S/C15H18N2O4S/c1-10-3-4-13-11(7-10)8-12(15(19)17-13)9-16-14(18)5-6-22(2,20)21/h3-4,7-8H,5-6,9H2,1-2H3,(H,16,18)(H,17,19). The largest absolute Gasteiger partial charge is 0.352 e. The zero-order chi connectivity index (χ0) is 16.3. The van der Waals surface area contributed by atoms with Crippen molar-refractivity contribution in [1.82, 2.24) is 10.3 Å². The summed E-state index contributed by atoms with van der Waals surface area (Å²) in [7, 11) is -3.17. The first-order valence-electron chi connectivity index (χ1n) is 6.81. The van der Waals surface area contributed by atoms with Crippen molar-refractivity contribution in [2.24, 2.45) is 0 Å². The van der Waals surface area contributed by atoms with E-state index in [4.69, 9.17) is 0 Å². The number of fused-ring (bicyclic) bond motifs is 1. The van der Waals surface area contributed by atoms with Crippen molar-refractivity contribution in [3.63, 3.8) is 0 Å². The van der Waals surface area contributed by atoms with E-state index in [0.717, 1.165) is 22.7 Å². The smallest absolute Gasteiger partial charge is 0.253 e. The van der Waals surface area contributed by atoms with E-state index in [-0.39, 0.29) is 24.3 Å². The molecule has 0 unspecified atom stereocenters. The summed E-state index contributed by atoms with van der Waals surface area (Å²) in [6, 6.07) is 7.42. The van der Waals surface area contributed by atoms with Crippen LogP contribution in [0.1, 0.15) is 17.5 Å². The summed E-state index contributed by atoms with van der Waals surface area (Å²) in [5.74, 6) is -0.597. The molecule has 1 heterocycles. The van der Waals surface area contributed by atoms with Crippen molar-refractivity contribution in [2.75, 3.05) is 12.0 Å². The number of amides is 1. The number of carbonyl (C=O) groups excluding carboxylic acids is 1. The van der Waals surface area contributed by atoms with Crippen molar-refractivity contribution in [3.05, 3.63) is 45.7 Å². The van der Waals surface area contributed by atoms with Gasteiger partial charge in [-0.15, -0.1) is 0 Å². The molecule has 7 heteroatoms. The van der Waals surface area contributed by atoms with Crippen molar-refractivity contribution in [2.45, 2.75) is 19.9 Å². The molecule has 1 amide bonds. The Morgan fingerprint density at radius 1 is 1.27 bits per heavy atom. The van der Waals surface area contributed by atoms with Gasteiger partial charge in [-0.1, -0.05) is 11.6 Å². The molecule has 22 heavy (non-hydrogen) atoms. The first-order chi connectivity index (χ1) is 10.2. The first kappa shape index (κ1) is 16.2. The Morgan fingerprint density at radius 2 is 2.00 bits per heavy atom. The highest BCUT2D eigenvalue weighted by molar-refractivity contribution is 7.90. The second kappa shape index (κ2) is 6.31. The fourth-order valence-corrected chi connectivity index (χ4v) is 2.62. The van der Waals surface area contributed by atoms with Gasteiger partial charge in [0.1, 0.15) is 9.84 Å². The number of aromatic amines is 1. The summed E-state index contributed by atoms with van der Waals surface area (Å²) < 4.78 is 22.0. The van der Waals surface area contributed by atoms with Crippen LogP contribution in [0.5, 0.6) is 0 Å². The van der Waals surface area contributed by atoms with Crippen molar-refractivity contribution in [1.29, 1.82) is 0 Å². The summed E-state index contributed by atoms with van der Waals surface area (Å²) in [6.45, 7) is 2.03. The predicted molar refractivity (Wildman–Crippen MR) is 85.5 cm³/mol. The van der Waals surface area contributed by atoms with E-state index in [1.54, 1.807) is 6.07 Å². The molecular weight excluding hydrogens is 304 g/mol. The molecule has 0 radical (unpaired) electrons. The van der Waals surface area contributed by atoms with E-state index in [0.29, 0.717) is 5.56 Å². The van der Waals surface area contributed by atoms with Gasteiger partial charge in [0, 0.05) is 30.3 Å². The number of nitrogens with one attached hydrogen (secondary N) is 2. The normalized spacial score (nSPS) is 11.5. The second-order valence-electron chi connectivity index (χ2n) is 5.37. The maximum absolute atomic E-state index is 11.9.